The molecule has 52 heavy (non-hydrogen) atoms. The molecule has 0 amide bonds. The highest BCUT2D eigenvalue weighted by Crippen LogP contribution is 2.62. The molecule has 1 heterocycles. The molecule has 0 fully saturated rings. The molecule has 3 heteroatoms. The summed E-state index contributed by atoms with van der Waals surface area (Å²) in [4.78, 5) is 2.29. The van der Waals surface area contributed by atoms with Crippen molar-refractivity contribution < 1.29 is 4.42 Å². The summed E-state index contributed by atoms with van der Waals surface area (Å²) < 4.78 is 6.37. The molecule has 9 aromatic rings. The number of para-hydroxylation sites is 2. The van der Waals surface area contributed by atoms with Crippen LogP contribution in [0, 0.1) is 0 Å². The van der Waals surface area contributed by atoms with Crippen LogP contribution in [-0.2, 0) is 5.41 Å². The average Bonchev–Trinajstić information content (AvgIpc) is 3.82. The fraction of sp³-hybridized carbons (Fsp3) is 0.0204. The number of anilines is 5. The lowest BCUT2D eigenvalue weighted by Gasteiger charge is -2.30. The minimum absolute atomic E-state index is 0.336. The van der Waals surface area contributed by atoms with Crippen molar-refractivity contribution in [2.45, 2.75) is 5.41 Å². The van der Waals surface area contributed by atoms with Crippen LogP contribution in [0.5, 0.6) is 0 Å². The van der Waals surface area contributed by atoms with Gasteiger partial charge in [0.1, 0.15) is 11.2 Å². The van der Waals surface area contributed by atoms with Gasteiger partial charge in [-0.05, 0) is 117 Å². The molecule has 0 unspecified atom stereocenters. The van der Waals surface area contributed by atoms with Crippen LogP contribution in [0.25, 0.3) is 44.2 Å². The highest BCUT2D eigenvalue weighted by Gasteiger charge is 2.51. The molecule has 0 aliphatic heterocycles. The number of fused-ring (bicyclic) bond motifs is 13. The average molecular weight is 665 g/mol. The molecule has 3 nitrogen and oxygen atoms in total. The van der Waals surface area contributed by atoms with Gasteiger partial charge in [0.05, 0.1) is 5.41 Å². The Morgan fingerprint density at radius 2 is 0.827 bits per heavy atom. The van der Waals surface area contributed by atoms with Crippen LogP contribution in [0.4, 0.5) is 28.4 Å². The molecule has 1 N–H and O–H groups in total. The first kappa shape index (κ1) is 28.9. The Morgan fingerprint density at radius 1 is 0.365 bits per heavy atom. The number of benzene rings is 8. The number of hydrogen-bond donors (Lipinski definition) is 1. The quantitative estimate of drug-likeness (QED) is 0.198. The molecule has 11 rings (SSSR count). The predicted molar refractivity (Wildman–Crippen MR) is 214 cm³/mol. The first-order chi connectivity index (χ1) is 25.8. The lowest BCUT2D eigenvalue weighted by atomic mass is 9.70. The third-order valence-corrected chi connectivity index (χ3v) is 11.0. The number of nitrogens with one attached hydrogen (secondary N) is 1. The van der Waals surface area contributed by atoms with Crippen molar-refractivity contribution in [2.24, 2.45) is 0 Å². The Hall–Kier alpha value is -6.84. The first-order valence-electron chi connectivity index (χ1n) is 17.8. The zero-order chi connectivity index (χ0) is 34.2. The first-order valence-corrected chi connectivity index (χ1v) is 17.8. The molecule has 2 aliphatic rings. The number of rotatable bonds is 5. The van der Waals surface area contributed by atoms with Crippen molar-refractivity contribution in [3.63, 3.8) is 0 Å². The summed E-state index contributed by atoms with van der Waals surface area (Å²) in [7, 11) is 0. The minimum Gasteiger partial charge on any atom is -0.456 e. The van der Waals surface area contributed by atoms with Gasteiger partial charge in [-0.25, -0.2) is 0 Å². The predicted octanol–water partition coefficient (Wildman–Crippen LogP) is 13.1. The second-order valence-electron chi connectivity index (χ2n) is 13.8. The van der Waals surface area contributed by atoms with Crippen LogP contribution >= 0.6 is 0 Å². The van der Waals surface area contributed by atoms with Crippen molar-refractivity contribution in [1.29, 1.82) is 0 Å². The molecular formula is C49H32N2O. The standard InChI is InChI=1S/C49H32N2O/c1-3-13-34(14-4-1)51(35-15-5-2-6-16-35)36-25-28-48-42(31-36)41-30-33(24-27-47(41)52-48)50-32-23-26-46-40(29-32)39-19-9-12-22-45(39)49(46)43-20-10-7-17-37(43)38-18-8-11-21-44(38)49/h1-31,50H. The van der Waals surface area contributed by atoms with Gasteiger partial charge in [0, 0.05) is 39.2 Å². The van der Waals surface area contributed by atoms with E-state index in [1.807, 2.05) is 0 Å². The zero-order valence-corrected chi connectivity index (χ0v) is 28.3. The van der Waals surface area contributed by atoms with Crippen LogP contribution in [0.15, 0.2) is 192 Å². The van der Waals surface area contributed by atoms with Gasteiger partial charge in [-0.15, -0.1) is 0 Å². The summed E-state index contributed by atoms with van der Waals surface area (Å²) in [5, 5.41) is 5.92. The summed E-state index contributed by atoms with van der Waals surface area (Å²) in [6.07, 6.45) is 0. The second kappa shape index (κ2) is 11.1. The smallest absolute Gasteiger partial charge is 0.135 e. The van der Waals surface area contributed by atoms with Gasteiger partial charge in [-0.1, -0.05) is 115 Å². The fourth-order valence-corrected chi connectivity index (χ4v) is 8.93. The summed E-state index contributed by atoms with van der Waals surface area (Å²) in [5.74, 6) is 0. The third-order valence-electron chi connectivity index (χ3n) is 11.0. The fourth-order valence-electron chi connectivity index (χ4n) is 8.93. The highest BCUT2D eigenvalue weighted by atomic mass is 16.3. The minimum atomic E-state index is -0.336. The summed E-state index contributed by atoms with van der Waals surface area (Å²) >= 11 is 0. The maximum atomic E-state index is 6.37. The molecule has 0 saturated carbocycles. The number of hydrogen-bond acceptors (Lipinski definition) is 3. The van der Waals surface area contributed by atoms with Gasteiger partial charge >= 0.3 is 0 Å². The van der Waals surface area contributed by atoms with Gasteiger partial charge in [0.15, 0.2) is 0 Å². The third kappa shape index (κ3) is 4.08. The van der Waals surface area contributed by atoms with Gasteiger partial charge in [-0.2, -0.15) is 0 Å². The van der Waals surface area contributed by atoms with E-state index >= 15 is 0 Å². The maximum Gasteiger partial charge on any atom is 0.135 e. The molecule has 2 aliphatic carbocycles. The normalized spacial score (nSPS) is 13.2. The van der Waals surface area contributed by atoms with Crippen LogP contribution < -0.4 is 10.2 Å². The molecular weight excluding hydrogens is 633 g/mol. The van der Waals surface area contributed by atoms with Gasteiger partial charge in [-0.3, -0.25) is 0 Å². The van der Waals surface area contributed by atoms with E-state index in [-0.39, 0.29) is 5.41 Å². The molecule has 0 saturated heterocycles. The molecule has 8 aromatic carbocycles. The van der Waals surface area contributed by atoms with Crippen LogP contribution in [0.3, 0.4) is 0 Å². The van der Waals surface area contributed by atoms with Crippen LogP contribution in [0.1, 0.15) is 22.3 Å². The van der Waals surface area contributed by atoms with Crippen molar-refractivity contribution in [3.8, 4) is 22.3 Å². The van der Waals surface area contributed by atoms with Gasteiger partial charge in [0.2, 0.25) is 0 Å². The summed E-state index contributed by atoms with van der Waals surface area (Å²) in [5.41, 5.74) is 17.4. The van der Waals surface area contributed by atoms with Gasteiger partial charge in [0.25, 0.3) is 0 Å². The largest absolute Gasteiger partial charge is 0.456 e. The van der Waals surface area contributed by atoms with E-state index in [0.717, 1.165) is 50.4 Å². The molecule has 0 radical (unpaired) electrons. The topological polar surface area (TPSA) is 28.4 Å². The Balaban J connectivity index is 1.01. The molecule has 1 spiro atoms. The maximum absolute atomic E-state index is 6.37. The van der Waals surface area contributed by atoms with Crippen molar-refractivity contribution >= 4 is 50.4 Å². The number of furan rings is 1. The van der Waals surface area contributed by atoms with E-state index < -0.39 is 0 Å². The van der Waals surface area contributed by atoms with E-state index in [1.54, 1.807) is 0 Å². The van der Waals surface area contributed by atoms with Crippen LogP contribution in [-0.4, -0.2) is 0 Å². The van der Waals surface area contributed by atoms with Crippen molar-refractivity contribution in [1.82, 2.24) is 0 Å². The lowest BCUT2D eigenvalue weighted by molar-refractivity contribution is 0.669. The van der Waals surface area contributed by atoms with Crippen molar-refractivity contribution in [2.75, 3.05) is 10.2 Å². The Labute approximate surface area is 302 Å². The van der Waals surface area contributed by atoms with Crippen LogP contribution in [0.2, 0.25) is 0 Å². The van der Waals surface area contributed by atoms with E-state index in [4.69, 9.17) is 4.42 Å². The lowest BCUT2D eigenvalue weighted by Crippen LogP contribution is -2.25. The highest BCUT2D eigenvalue weighted by molar-refractivity contribution is 6.08. The Morgan fingerprint density at radius 3 is 1.44 bits per heavy atom. The van der Waals surface area contributed by atoms with E-state index in [2.05, 4.69) is 198 Å². The van der Waals surface area contributed by atoms with E-state index in [0.29, 0.717) is 0 Å². The van der Waals surface area contributed by atoms with Gasteiger partial charge < -0.3 is 14.6 Å². The molecule has 244 valence electrons. The van der Waals surface area contributed by atoms with Crippen molar-refractivity contribution in [3.05, 3.63) is 210 Å². The number of nitrogens with zero attached hydrogens (tertiary/aromatic N) is 1. The molecule has 0 bridgehead atoms. The summed E-state index contributed by atoms with van der Waals surface area (Å²) in [6, 6.07) is 67.6. The SMILES string of the molecule is c1ccc(N(c2ccccc2)c2ccc3oc4ccc(Nc5ccc6c(c5)-c5ccccc5C65c6ccccc6-c6ccccc65)cc4c3c2)cc1. The van der Waals surface area contributed by atoms with E-state index in [9.17, 15) is 0 Å². The Bertz CT molecular complexity index is 2750. The second-order valence-corrected chi connectivity index (χ2v) is 13.8. The van der Waals surface area contributed by atoms with E-state index in [1.165, 1.54) is 44.5 Å². The Kier molecular flexibility index (Phi) is 6.17. The monoisotopic (exact) mass is 664 g/mol. The summed E-state index contributed by atoms with van der Waals surface area (Å²) in [6.45, 7) is 0. The zero-order valence-electron chi connectivity index (χ0n) is 28.3. The molecule has 1 aromatic heterocycles. The molecule has 0 atom stereocenters.